The third kappa shape index (κ3) is 6.32. The first kappa shape index (κ1) is 22.8. The number of carbonyl (C=O) groups is 2. The Hall–Kier alpha value is -2.84. The second-order valence-corrected chi connectivity index (χ2v) is 8.45. The molecule has 3 aromatic rings. The molecule has 2 aromatic carbocycles. The maximum absolute atomic E-state index is 12.6. The van der Waals surface area contributed by atoms with Crippen LogP contribution in [0.3, 0.4) is 0 Å². The van der Waals surface area contributed by atoms with Crippen LogP contribution in [0, 0.1) is 0 Å². The lowest BCUT2D eigenvalue weighted by atomic mass is 10.2. The lowest BCUT2D eigenvalue weighted by Gasteiger charge is -2.14. The van der Waals surface area contributed by atoms with Gasteiger partial charge in [-0.1, -0.05) is 48.5 Å². The third-order valence-electron chi connectivity index (χ3n) is 4.62. The van der Waals surface area contributed by atoms with Crippen molar-refractivity contribution < 1.29 is 9.59 Å². The van der Waals surface area contributed by atoms with Gasteiger partial charge in [-0.3, -0.25) is 9.59 Å². The Morgan fingerprint density at radius 3 is 2.48 bits per heavy atom. The van der Waals surface area contributed by atoms with Crippen LogP contribution in [0.25, 0.3) is 0 Å². The minimum atomic E-state index is -0.291. The Morgan fingerprint density at radius 2 is 1.81 bits per heavy atom. The molecule has 0 aliphatic carbocycles. The van der Waals surface area contributed by atoms with Gasteiger partial charge in [0.1, 0.15) is 5.82 Å². The van der Waals surface area contributed by atoms with Crippen molar-refractivity contribution in [3.8, 4) is 0 Å². The summed E-state index contributed by atoms with van der Waals surface area (Å²) in [6, 6.07) is 16.1. The first-order valence-electron chi connectivity index (χ1n) is 9.92. The Bertz CT molecular complexity index is 1020. The van der Waals surface area contributed by atoms with Crippen LogP contribution in [0.5, 0.6) is 0 Å². The van der Waals surface area contributed by atoms with Gasteiger partial charge in [-0.05, 0) is 42.8 Å². The summed E-state index contributed by atoms with van der Waals surface area (Å²) in [6.45, 7) is 2.38. The number of thioether (sulfide) groups is 1. The van der Waals surface area contributed by atoms with E-state index >= 15 is 0 Å². The number of amides is 2. The van der Waals surface area contributed by atoms with Crippen LogP contribution in [-0.2, 0) is 18.3 Å². The molecule has 0 bridgehead atoms. The summed E-state index contributed by atoms with van der Waals surface area (Å²) < 4.78 is 1.86. The molecule has 1 aromatic heterocycles. The molecule has 0 saturated heterocycles. The zero-order chi connectivity index (χ0) is 22.2. The van der Waals surface area contributed by atoms with Crippen molar-refractivity contribution in [2.24, 2.45) is 7.05 Å². The maximum Gasteiger partial charge on any atom is 0.251 e. The van der Waals surface area contributed by atoms with Crippen LogP contribution in [-0.4, -0.2) is 38.4 Å². The second kappa shape index (κ2) is 11.0. The van der Waals surface area contributed by atoms with E-state index in [0.29, 0.717) is 35.1 Å². The number of carbonyl (C=O) groups excluding carboxylic acids is 2. The smallest absolute Gasteiger partial charge is 0.251 e. The zero-order valence-electron chi connectivity index (χ0n) is 17.3. The SMILES string of the molecule is CC[C@@H](Sc1nnc(CCNC(=O)c2ccc(Cl)cc2)n1C)C(=O)Nc1ccccc1. The standard InChI is InChI=1S/C22H24ClN5O2S/c1-3-18(21(30)25-17-7-5-4-6-8-17)31-22-27-26-19(28(22)2)13-14-24-20(29)15-9-11-16(23)12-10-15/h4-12,18H,3,13-14H2,1-2H3,(H,24,29)(H,25,30)/t18-/m1/s1. The molecule has 7 nitrogen and oxygen atoms in total. The molecule has 1 atom stereocenters. The molecule has 0 saturated carbocycles. The summed E-state index contributed by atoms with van der Waals surface area (Å²) in [4.78, 5) is 24.8. The molecule has 0 unspecified atom stereocenters. The fourth-order valence-electron chi connectivity index (χ4n) is 2.85. The van der Waals surface area contributed by atoms with Gasteiger partial charge in [0, 0.05) is 36.3 Å². The van der Waals surface area contributed by atoms with E-state index in [9.17, 15) is 9.59 Å². The van der Waals surface area contributed by atoms with Gasteiger partial charge in [-0.2, -0.15) is 0 Å². The molecule has 2 N–H and O–H groups in total. The van der Waals surface area contributed by atoms with E-state index in [1.165, 1.54) is 11.8 Å². The van der Waals surface area contributed by atoms with Crippen LogP contribution < -0.4 is 10.6 Å². The van der Waals surface area contributed by atoms with Gasteiger partial charge in [0.25, 0.3) is 5.91 Å². The summed E-state index contributed by atoms with van der Waals surface area (Å²) in [7, 11) is 1.86. The molecule has 31 heavy (non-hydrogen) atoms. The van der Waals surface area contributed by atoms with E-state index in [-0.39, 0.29) is 17.1 Å². The molecule has 1 heterocycles. The first-order valence-corrected chi connectivity index (χ1v) is 11.2. The van der Waals surface area contributed by atoms with Crippen molar-refractivity contribution in [2.45, 2.75) is 30.2 Å². The van der Waals surface area contributed by atoms with Gasteiger partial charge in [-0.15, -0.1) is 10.2 Å². The number of aromatic nitrogens is 3. The first-order chi connectivity index (χ1) is 15.0. The Balaban J connectivity index is 1.54. The van der Waals surface area contributed by atoms with E-state index in [1.807, 2.05) is 48.9 Å². The van der Waals surface area contributed by atoms with Gasteiger partial charge >= 0.3 is 0 Å². The number of hydrogen-bond donors (Lipinski definition) is 2. The van der Waals surface area contributed by atoms with Crippen molar-refractivity contribution in [3.05, 3.63) is 71.0 Å². The maximum atomic E-state index is 12.6. The van der Waals surface area contributed by atoms with Gasteiger partial charge in [0.15, 0.2) is 5.16 Å². The molecule has 2 amide bonds. The molecule has 9 heteroatoms. The highest BCUT2D eigenvalue weighted by Gasteiger charge is 2.21. The quantitative estimate of drug-likeness (QED) is 0.475. The predicted octanol–water partition coefficient (Wildman–Crippen LogP) is 3.95. The van der Waals surface area contributed by atoms with Gasteiger partial charge < -0.3 is 15.2 Å². The number of halogens is 1. The average Bonchev–Trinajstić information content (AvgIpc) is 3.12. The highest BCUT2D eigenvalue weighted by Crippen LogP contribution is 2.25. The number of para-hydroxylation sites is 1. The lowest BCUT2D eigenvalue weighted by molar-refractivity contribution is -0.115. The molecule has 0 spiro atoms. The number of rotatable bonds is 9. The van der Waals surface area contributed by atoms with Gasteiger partial charge in [-0.25, -0.2) is 0 Å². The molecule has 3 rings (SSSR count). The second-order valence-electron chi connectivity index (χ2n) is 6.84. The monoisotopic (exact) mass is 457 g/mol. The number of benzene rings is 2. The van der Waals surface area contributed by atoms with Crippen molar-refractivity contribution in [1.29, 1.82) is 0 Å². The molecular weight excluding hydrogens is 434 g/mol. The molecule has 0 aliphatic heterocycles. The molecule has 162 valence electrons. The highest BCUT2D eigenvalue weighted by molar-refractivity contribution is 8.00. The Kier molecular flexibility index (Phi) is 8.08. The van der Waals surface area contributed by atoms with Crippen molar-refractivity contribution >= 4 is 40.9 Å². The Morgan fingerprint density at radius 1 is 1.10 bits per heavy atom. The fraction of sp³-hybridized carbons (Fsp3) is 0.273. The van der Waals surface area contributed by atoms with Crippen molar-refractivity contribution in [3.63, 3.8) is 0 Å². The van der Waals surface area contributed by atoms with Crippen LogP contribution in [0.4, 0.5) is 5.69 Å². The summed E-state index contributed by atoms with van der Waals surface area (Å²) >= 11 is 7.23. The van der Waals surface area contributed by atoms with E-state index in [1.54, 1.807) is 24.3 Å². The van der Waals surface area contributed by atoms with E-state index in [0.717, 1.165) is 11.5 Å². The Labute approximate surface area is 190 Å². The highest BCUT2D eigenvalue weighted by atomic mass is 35.5. The summed E-state index contributed by atoms with van der Waals surface area (Å²) in [5.41, 5.74) is 1.32. The van der Waals surface area contributed by atoms with Crippen LogP contribution in [0.2, 0.25) is 5.02 Å². The number of nitrogens with one attached hydrogen (secondary N) is 2. The number of hydrogen-bond acceptors (Lipinski definition) is 5. The van der Waals surface area contributed by atoms with Gasteiger partial charge in [0.05, 0.1) is 5.25 Å². The van der Waals surface area contributed by atoms with E-state index in [4.69, 9.17) is 11.6 Å². The lowest BCUT2D eigenvalue weighted by Crippen LogP contribution is -2.26. The molecule has 0 aliphatic rings. The number of nitrogens with zero attached hydrogens (tertiary/aromatic N) is 3. The zero-order valence-corrected chi connectivity index (χ0v) is 18.9. The van der Waals surface area contributed by atoms with Crippen molar-refractivity contribution in [2.75, 3.05) is 11.9 Å². The minimum Gasteiger partial charge on any atom is -0.352 e. The van der Waals surface area contributed by atoms with E-state index in [2.05, 4.69) is 20.8 Å². The molecular formula is C22H24ClN5O2S. The van der Waals surface area contributed by atoms with Gasteiger partial charge in [0.2, 0.25) is 5.91 Å². The summed E-state index contributed by atoms with van der Waals surface area (Å²) in [6.07, 6.45) is 1.18. The normalized spacial score (nSPS) is 11.7. The fourth-order valence-corrected chi connectivity index (χ4v) is 3.91. The van der Waals surface area contributed by atoms with E-state index < -0.39 is 0 Å². The van der Waals surface area contributed by atoms with Crippen molar-refractivity contribution in [1.82, 2.24) is 20.1 Å². The summed E-state index contributed by atoms with van der Waals surface area (Å²) in [5.74, 6) is 0.493. The largest absolute Gasteiger partial charge is 0.352 e. The minimum absolute atomic E-state index is 0.0709. The molecule has 0 fully saturated rings. The number of anilines is 1. The van der Waals surface area contributed by atoms with Crippen LogP contribution in [0.15, 0.2) is 59.8 Å². The topological polar surface area (TPSA) is 88.9 Å². The summed E-state index contributed by atoms with van der Waals surface area (Å²) in [5, 5.41) is 15.2. The molecule has 0 radical (unpaired) electrons. The predicted molar refractivity (Wildman–Crippen MR) is 123 cm³/mol. The van der Waals surface area contributed by atoms with Crippen LogP contribution in [0.1, 0.15) is 29.5 Å². The third-order valence-corrected chi connectivity index (χ3v) is 6.27. The average molecular weight is 458 g/mol. The van der Waals surface area contributed by atoms with Crippen LogP contribution >= 0.6 is 23.4 Å².